The van der Waals surface area contributed by atoms with E-state index in [1.165, 1.54) is 0 Å². The van der Waals surface area contributed by atoms with Crippen LogP contribution in [0.2, 0.25) is 0 Å². The minimum atomic E-state index is -0.0843. The normalized spacial score (nSPS) is 12.6. The molecule has 0 unspecified atom stereocenters. The van der Waals surface area contributed by atoms with E-state index < -0.39 is 0 Å². The van der Waals surface area contributed by atoms with Gasteiger partial charge in [0.15, 0.2) is 17.3 Å². The fourth-order valence-electron chi connectivity index (χ4n) is 2.78. The SMILES string of the molecule is CC(C)N(Cc1cc(-c2cccs2)on1)C(=O)c1ccc2c(c1)OCO2. The molecule has 1 aromatic carbocycles. The lowest BCUT2D eigenvalue weighted by molar-refractivity contribution is 0.0685. The summed E-state index contributed by atoms with van der Waals surface area (Å²) in [4.78, 5) is 15.8. The standard InChI is InChI=1S/C19H18N2O4S/c1-12(2)21(10-14-9-17(25-20-14)18-4-3-7-26-18)19(22)13-5-6-15-16(8-13)24-11-23-15/h3-9,12H,10-11H2,1-2H3. The van der Waals surface area contributed by atoms with Crippen molar-refractivity contribution in [1.29, 1.82) is 0 Å². The summed E-state index contributed by atoms with van der Waals surface area (Å²) in [7, 11) is 0. The average Bonchev–Trinajstić information content (AvgIpc) is 3.39. The number of aromatic nitrogens is 1. The highest BCUT2D eigenvalue weighted by Gasteiger charge is 2.23. The highest BCUT2D eigenvalue weighted by molar-refractivity contribution is 7.13. The highest BCUT2D eigenvalue weighted by atomic mass is 32.1. The molecule has 0 N–H and O–H groups in total. The molecule has 3 heterocycles. The Labute approximate surface area is 154 Å². The van der Waals surface area contributed by atoms with Crippen LogP contribution in [0.4, 0.5) is 0 Å². The molecular formula is C19H18N2O4S. The lowest BCUT2D eigenvalue weighted by atomic mass is 10.1. The van der Waals surface area contributed by atoms with Gasteiger partial charge in [-0.2, -0.15) is 0 Å². The third-order valence-electron chi connectivity index (χ3n) is 4.16. The van der Waals surface area contributed by atoms with Crippen molar-refractivity contribution in [2.45, 2.75) is 26.4 Å². The number of ether oxygens (including phenoxy) is 2. The molecule has 4 rings (SSSR count). The van der Waals surface area contributed by atoms with E-state index in [9.17, 15) is 4.79 Å². The van der Waals surface area contributed by atoms with Crippen molar-refractivity contribution in [2.75, 3.05) is 6.79 Å². The van der Waals surface area contributed by atoms with Crippen molar-refractivity contribution in [3.05, 3.63) is 53.0 Å². The number of amides is 1. The lowest BCUT2D eigenvalue weighted by Gasteiger charge is -2.26. The number of benzene rings is 1. The van der Waals surface area contributed by atoms with Gasteiger partial charge in [0.1, 0.15) is 5.69 Å². The fraction of sp³-hybridized carbons (Fsp3) is 0.263. The van der Waals surface area contributed by atoms with Crippen molar-refractivity contribution in [3.8, 4) is 22.1 Å². The summed E-state index contributed by atoms with van der Waals surface area (Å²) in [5, 5.41) is 6.11. The van der Waals surface area contributed by atoms with Gasteiger partial charge in [-0.25, -0.2) is 0 Å². The van der Waals surface area contributed by atoms with E-state index in [-0.39, 0.29) is 18.7 Å². The Morgan fingerprint density at radius 2 is 2.08 bits per heavy atom. The van der Waals surface area contributed by atoms with E-state index in [0.717, 1.165) is 10.6 Å². The first-order valence-electron chi connectivity index (χ1n) is 8.32. The monoisotopic (exact) mass is 370 g/mol. The van der Waals surface area contributed by atoms with E-state index in [1.54, 1.807) is 34.4 Å². The summed E-state index contributed by atoms with van der Waals surface area (Å²) in [5.74, 6) is 1.89. The highest BCUT2D eigenvalue weighted by Crippen LogP contribution is 2.33. The average molecular weight is 370 g/mol. The molecule has 6 nitrogen and oxygen atoms in total. The van der Waals surface area contributed by atoms with Gasteiger partial charge in [0.25, 0.3) is 5.91 Å². The Hall–Kier alpha value is -2.80. The van der Waals surface area contributed by atoms with Crippen molar-refractivity contribution in [3.63, 3.8) is 0 Å². The summed E-state index contributed by atoms with van der Waals surface area (Å²) >= 11 is 1.59. The number of hydrogen-bond donors (Lipinski definition) is 0. The van der Waals surface area contributed by atoms with Crippen LogP contribution in [0.5, 0.6) is 11.5 Å². The smallest absolute Gasteiger partial charge is 0.254 e. The van der Waals surface area contributed by atoms with Crippen molar-refractivity contribution >= 4 is 17.2 Å². The molecule has 0 radical (unpaired) electrons. The number of hydrogen-bond acceptors (Lipinski definition) is 6. The van der Waals surface area contributed by atoms with Gasteiger partial charge >= 0.3 is 0 Å². The van der Waals surface area contributed by atoms with Gasteiger partial charge in [-0.05, 0) is 43.5 Å². The molecule has 26 heavy (non-hydrogen) atoms. The van der Waals surface area contributed by atoms with Crippen LogP contribution in [0, 0.1) is 0 Å². The molecule has 0 aliphatic carbocycles. The number of thiophene rings is 1. The molecule has 7 heteroatoms. The van der Waals surface area contributed by atoms with Gasteiger partial charge in [-0.15, -0.1) is 11.3 Å². The first-order valence-corrected chi connectivity index (χ1v) is 9.20. The number of carbonyl (C=O) groups is 1. The maximum atomic E-state index is 13.0. The Kier molecular flexibility index (Phi) is 4.38. The van der Waals surface area contributed by atoms with Gasteiger partial charge in [-0.1, -0.05) is 11.2 Å². The molecule has 1 aliphatic rings. The second-order valence-electron chi connectivity index (χ2n) is 6.25. The zero-order chi connectivity index (χ0) is 18.1. The third-order valence-corrected chi connectivity index (χ3v) is 5.04. The van der Waals surface area contributed by atoms with Gasteiger partial charge in [0, 0.05) is 17.7 Å². The molecule has 0 spiro atoms. The minimum Gasteiger partial charge on any atom is -0.454 e. The Morgan fingerprint density at radius 3 is 2.85 bits per heavy atom. The summed E-state index contributed by atoms with van der Waals surface area (Å²) in [5.41, 5.74) is 1.28. The lowest BCUT2D eigenvalue weighted by Crippen LogP contribution is -2.36. The van der Waals surface area contributed by atoms with E-state index in [1.807, 2.05) is 37.4 Å². The largest absolute Gasteiger partial charge is 0.454 e. The third kappa shape index (κ3) is 3.17. The van der Waals surface area contributed by atoms with Crippen LogP contribution in [0.25, 0.3) is 10.6 Å². The number of rotatable bonds is 5. The zero-order valence-electron chi connectivity index (χ0n) is 14.5. The molecule has 2 aromatic heterocycles. The topological polar surface area (TPSA) is 64.8 Å². The van der Waals surface area contributed by atoms with Crippen LogP contribution in [0.1, 0.15) is 29.9 Å². The van der Waals surface area contributed by atoms with Gasteiger partial charge in [0.05, 0.1) is 11.4 Å². The van der Waals surface area contributed by atoms with Crippen molar-refractivity contribution in [1.82, 2.24) is 10.1 Å². The van der Waals surface area contributed by atoms with Crippen LogP contribution in [0.15, 0.2) is 46.3 Å². The summed E-state index contributed by atoms with van der Waals surface area (Å²) in [6.45, 7) is 4.52. The summed E-state index contributed by atoms with van der Waals surface area (Å²) in [6.07, 6.45) is 0. The van der Waals surface area contributed by atoms with Crippen LogP contribution < -0.4 is 9.47 Å². The van der Waals surface area contributed by atoms with Gasteiger partial charge in [0.2, 0.25) is 6.79 Å². The van der Waals surface area contributed by atoms with Crippen molar-refractivity contribution < 1.29 is 18.8 Å². The van der Waals surface area contributed by atoms with Crippen LogP contribution in [-0.2, 0) is 6.54 Å². The Morgan fingerprint density at radius 1 is 1.23 bits per heavy atom. The maximum Gasteiger partial charge on any atom is 0.254 e. The van der Waals surface area contributed by atoms with Crippen LogP contribution in [0.3, 0.4) is 0 Å². The van der Waals surface area contributed by atoms with E-state index in [4.69, 9.17) is 14.0 Å². The fourth-order valence-corrected chi connectivity index (χ4v) is 3.45. The van der Waals surface area contributed by atoms with Crippen molar-refractivity contribution in [2.24, 2.45) is 0 Å². The molecule has 134 valence electrons. The van der Waals surface area contributed by atoms with Crippen LogP contribution >= 0.6 is 11.3 Å². The molecular weight excluding hydrogens is 352 g/mol. The molecule has 1 aliphatic heterocycles. The molecule has 0 saturated carbocycles. The second kappa shape index (κ2) is 6.84. The quantitative estimate of drug-likeness (QED) is 0.674. The Balaban J connectivity index is 1.55. The molecule has 3 aromatic rings. The van der Waals surface area contributed by atoms with E-state index in [2.05, 4.69) is 5.16 Å². The number of nitrogens with zero attached hydrogens (tertiary/aromatic N) is 2. The predicted octanol–water partition coefficient (Wildman–Crippen LogP) is 4.18. The first kappa shape index (κ1) is 16.7. The van der Waals surface area contributed by atoms with Gasteiger partial charge < -0.3 is 18.9 Å². The maximum absolute atomic E-state index is 13.0. The minimum absolute atomic E-state index is 0.00908. The number of fused-ring (bicyclic) bond motifs is 1. The summed E-state index contributed by atoms with van der Waals surface area (Å²) < 4.78 is 16.1. The van der Waals surface area contributed by atoms with E-state index in [0.29, 0.717) is 29.4 Å². The summed E-state index contributed by atoms with van der Waals surface area (Å²) in [6, 6.07) is 11.1. The number of carbonyl (C=O) groups excluding carboxylic acids is 1. The first-order chi connectivity index (χ1) is 12.6. The Bertz CT molecular complexity index is 918. The zero-order valence-corrected chi connectivity index (χ0v) is 15.3. The molecule has 1 amide bonds. The van der Waals surface area contributed by atoms with E-state index >= 15 is 0 Å². The van der Waals surface area contributed by atoms with Crippen LogP contribution in [-0.4, -0.2) is 28.8 Å². The molecule has 0 saturated heterocycles. The molecule has 0 fully saturated rings. The predicted molar refractivity (Wildman–Crippen MR) is 97.4 cm³/mol. The molecule has 0 bridgehead atoms. The van der Waals surface area contributed by atoms with Gasteiger partial charge in [-0.3, -0.25) is 4.79 Å². The second-order valence-corrected chi connectivity index (χ2v) is 7.20. The molecule has 0 atom stereocenters.